The van der Waals surface area contributed by atoms with E-state index in [0.29, 0.717) is 16.9 Å². The van der Waals surface area contributed by atoms with Gasteiger partial charge >= 0.3 is 0 Å². The highest BCUT2D eigenvalue weighted by molar-refractivity contribution is 6.05. The second-order valence-corrected chi connectivity index (χ2v) is 7.44. The quantitative estimate of drug-likeness (QED) is 0.645. The third-order valence-electron chi connectivity index (χ3n) is 5.19. The predicted molar refractivity (Wildman–Crippen MR) is 113 cm³/mol. The molecule has 8 heteroatoms. The van der Waals surface area contributed by atoms with Gasteiger partial charge in [-0.1, -0.05) is 13.8 Å². The number of halogens is 1. The van der Waals surface area contributed by atoms with Crippen molar-refractivity contribution in [2.24, 2.45) is 0 Å². The molecule has 1 aliphatic rings. The molecule has 0 spiro atoms. The van der Waals surface area contributed by atoms with Crippen LogP contribution in [0.4, 0.5) is 4.39 Å². The molecule has 7 nitrogen and oxygen atoms in total. The lowest BCUT2D eigenvalue weighted by molar-refractivity contribution is 0.0962. The van der Waals surface area contributed by atoms with E-state index in [2.05, 4.69) is 0 Å². The van der Waals surface area contributed by atoms with E-state index in [1.165, 1.54) is 19.1 Å². The largest absolute Gasteiger partial charge is 0.493 e. The van der Waals surface area contributed by atoms with Crippen molar-refractivity contribution in [3.05, 3.63) is 52.3 Å². The molecule has 1 heterocycles. The van der Waals surface area contributed by atoms with Crippen molar-refractivity contribution < 1.29 is 23.4 Å². The zero-order valence-electron chi connectivity index (χ0n) is 17.9. The lowest BCUT2D eigenvalue weighted by Gasteiger charge is -2.18. The van der Waals surface area contributed by atoms with Crippen molar-refractivity contribution in [2.75, 3.05) is 27.4 Å². The van der Waals surface area contributed by atoms with E-state index in [1.54, 1.807) is 24.3 Å². The molecule has 0 aliphatic carbocycles. The summed E-state index contributed by atoms with van der Waals surface area (Å²) in [6, 6.07) is 8.64. The van der Waals surface area contributed by atoms with Crippen LogP contribution in [0.1, 0.15) is 46.8 Å². The summed E-state index contributed by atoms with van der Waals surface area (Å²) in [6.07, 6.45) is 0. The average molecular weight is 425 g/mol. The lowest BCUT2D eigenvalue weighted by Crippen LogP contribution is -2.30. The number of ketones is 1. The van der Waals surface area contributed by atoms with Gasteiger partial charge in [-0.3, -0.25) is 10.2 Å². The molecule has 0 bridgehead atoms. The highest BCUT2D eigenvalue weighted by atomic mass is 19.1. The second kappa shape index (κ2) is 9.04. The highest BCUT2D eigenvalue weighted by Crippen LogP contribution is 2.38. The Labute approximate surface area is 180 Å². The number of methoxy groups -OCH3 is 2. The molecule has 0 atom stereocenters. The average Bonchev–Trinajstić information content (AvgIpc) is 3.06. The van der Waals surface area contributed by atoms with Crippen molar-refractivity contribution >= 4 is 11.6 Å². The number of Topliss-reactive ketones (excluding diaryl/α,β-unsaturated/α-hetero) is 1. The summed E-state index contributed by atoms with van der Waals surface area (Å²) in [5.41, 5.74) is 1.97. The number of nitrogens with one attached hydrogen (secondary N) is 1. The number of ether oxygens (including phenoxy) is 3. The fourth-order valence-electron chi connectivity index (χ4n) is 3.64. The number of nitriles is 1. The fraction of sp³-hybridized carbons (Fsp3) is 0.348. The van der Waals surface area contributed by atoms with Crippen molar-refractivity contribution in [3.63, 3.8) is 0 Å². The summed E-state index contributed by atoms with van der Waals surface area (Å²) < 4.78 is 30.6. The fourth-order valence-corrected chi connectivity index (χ4v) is 3.64. The van der Waals surface area contributed by atoms with E-state index < -0.39 is 5.82 Å². The van der Waals surface area contributed by atoms with E-state index in [9.17, 15) is 9.18 Å². The maximum Gasteiger partial charge on any atom is 0.197 e. The maximum atomic E-state index is 14.9. The van der Waals surface area contributed by atoms with Gasteiger partial charge in [-0.05, 0) is 41.3 Å². The Hall–Kier alpha value is -3.60. The number of benzene rings is 2. The SMILES string of the molecule is COc1cc2c(c(F)c1OC)C(=N)N(CC(=O)c1ccc(OCC#N)c(C(C)C)c1)C2. The molecular weight excluding hydrogens is 401 g/mol. The number of hydrogen-bond acceptors (Lipinski definition) is 6. The third kappa shape index (κ3) is 4.17. The standard InChI is InChI=1S/C23H24FN3O4/c1-13(2)16-9-14(5-6-18(16)31-8-7-25)17(28)12-27-11-15-10-19(29-3)22(30-4)21(24)20(15)23(27)26/h5-6,9-10,13,26H,8,11-12H2,1-4H3. The van der Waals surface area contributed by atoms with Crippen LogP contribution in [-0.4, -0.2) is 43.9 Å². The summed E-state index contributed by atoms with van der Waals surface area (Å²) >= 11 is 0. The minimum Gasteiger partial charge on any atom is -0.493 e. The minimum atomic E-state index is -0.669. The number of rotatable bonds is 8. The Morgan fingerprint density at radius 1 is 1.26 bits per heavy atom. The van der Waals surface area contributed by atoms with Crippen LogP contribution < -0.4 is 14.2 Å². The van der Waals surface area contributed by atoms with E-state index in [-0.39, 0.29) is 54.3 Å². The van der Waals surface area contributed by atoms with E-state index in [4.69, 9.17) is 24.9 Å². The molecule has 1 N–H and O–H groups in total. The Morgan fingerprint density at radius 3 is 2.61 bits per heavy atom. The van der Waals surface area contributed by atoms with Gasteiger partial charge in [-0.25, -0.2) is 4.39 Å². The molecule has 1 aliphatic heterocycles. The Balaban J connectivity index is 1.84. The number of amidine groups is 1. The molecule has 0 amide bonds. The topological polar surface area (TPSA) is 95.6 Å². The maximum absolute atomic E-state index is 14.9. The molecule has 2 aromatic carbocycles. The first-order valence-electron chi connectivity index (χ1n) is 9.76. The summed E-state index contributed by atoms with van der Waals surface area (Å²) in [7, 11) is 2.76. The van der Waals surface area contributed by atoms with Gasteiger partial charge < -0.3 is 19.1 Å². The van der Waals surface area contributed by atoms with E-state index in [0.717, 1.165) is 5.56 Å². The molecular formula is C23H24FN3O4. The van der Waals surface area contributed by atoms with Gasteiger partial charge in [0.1, 0.15) is 17.7 Å². The summed E-state index contributed by atoms with van der Waals surface area (Å²) in [4.78, 5) is 14.5. The van der Waals surface area contributed by atoms with Crippen LogP contribution in [-0.2, 0) is 6.54 Å². The predicted octanol–water partition coefficient (Wildman–Crippen LogP) is 3.89. The number of nitrogens with zero attached hydrogens (tertiary/aromatic N) is 2. The molecule has 0 radical (unpaired) electrons. The van der Waals surface area contributed by atoms with Gasteiger partial charge in [-0.2, -0.15) is 5.26 Å². The van der Waals surface area contributed by atoms with E-state index >= 15 is 0 Å². The summed E-state index contributed by atoms with van der Waals surface area (Å²) in [6.45, 7) is 4.01. The van der Waals surface area contributed by atoms with Gasteiger partial charge in [0.25, 0.3) is 0 Å². The van der Waals surface area contributed by atoms with Crippen LogP contribution in [0.25, 0.3) is 0 Å². The molecule has 0 saturated heterocycles. The van der Waals surface area contributed by atoms with Gasteiger partial charge in [0, 0.05) is 12.1 Å². The summed E-state index contributed by atoms with van der Waals surface area (Å²) in [5.74, 6) is -0.105. The molecule has 3 rings (SSSR count). The molecule has 162 valence electrons. The van der Waals surface area contributed by atoms with Gasteiger partial charge in [-0.15, -0.1) is 0 Å². The Kier molecular flexibility index (Phi) is 6.44. The number of carbonyl (C=O) groups is 1. The number of carbonyl (C=O) groups excluding carboxylic acids is 1. The van der Waals surface area contributed by atoms with Crippen LogP contribution in [0.2, 0.25) is 0 Å². The molecule has 0 aromatic heterocycles. The zero-order valence-corrected chi connectivity index (χ0v) is 17.9. The van der Waals surface area contributed by atoms with Crippen LogP contribution >= 0.6 is 0 Å². The first-order valence-corrected chi connectivity index (χ1v) is 9.76. The summed E-state index contributed by atoms with van der Waals surface area (Å²) in [5, 5.41) is 17.1. The van der Waals surface area contributed by atoms with Crippen molar-refractivity contribution in [3.8, 4) is 23.3 Å². The molecule has 0 unspecified atom stereocenters. The minimum absolute atomic E-state index is 0.0614. The molecule has 0 fully saturated rings. The Morgan fingerprint density at radius 2 is 2.00 bits per heavy atom. The van der Waals surface area contributed by atoms with Crippen molar-refractivity contribution in [1.29, 1.82) is 10.7 Å². The number of fused-ring (bicyclic) bond motifs is 1. The molecule has 2 aromatic rings. The van der Waals surface area contributed by atoms with E-state index in [1.807, 2.05) is 19.9 Å². The highest BCUT2D eigenvalue weighted by Gasteiger charge is 2.32. The monoisotopic (exact) mass is 425 g/mol. The van der Waals surface area contributed by atoms with Crippen LogP contribution in [0, 0.1) is 22.6 Å². The van der Waals surface area contributed by atoms with Gasteiger partial charge in [0.05, 0.1) is 26.3 Å². The van der Waals surface area contributed by atoms with Gasteiger partial charge in [0.15, 0.2) is 29.7 Å². The number of hydrogen-bond donors (Lipinski definition) is 1. The first-order chi connectivity index (χ1) is 14.8. The normalized spacial score (nSPS) is 12.5. The molecule has 31 heavy (non-hydrogen) atoms. The van der Waals surface area contributed by atoms with Gasteiger partial charge in [0.2, 0.25) is 0 Å². The lowest BCUT2D eigenvalue weighted by atomic mass is 9.98. The van der Waals surface area contributed by atoms with Crippen molar-refractivity contribution in [2.45, 2.75) is 26.3 Å². The van der Waals surface area contributed by atoms with Crippen molar-refractivity contribution in [1.82, 2.24) is 4.90 Å². The zero-order chi connectivity index (χ0) is 22.7. The molecule has 0 saturated carbocycles. The smallest absolute Gasteiger partial charge is 0.197 e. The first kappa shape index (κ1) is 22.1. The Bertz CT molecular complexity index is 1080. The van der Waals surface area contributed by atoms with Crippen LogP contribution in [0.3, 0.4) is 0 Å². The van der Waals surface area contributed by atoms with Crippen LogP contribution in [0.5, 0.6) is 17.2 Å². The van der Waals surface area contributed by atoms with Crippen LogP contribution in [0.15, 0.2) is 24.3 Å². The third-order valence-corrected chi connectivity index (χ3v) is 5.19. The second-order valence-electron chi connectivity index (χ2n) is 7.44.